The summed E-state index contributed by atoms with van der Waals surface area (Å²) in [5, 5.41) is 5.21. The third-order valence-corrected chi connectivity index (χ3v) is 2.88. The van der Waals surface area contributed by atoms with E-state index in [2.05, 4.69) is 34.9 Å². The number of hydrogen-bond acceptors (Lipinski definition) is 3. The Kier molecular flexibility index (Phi) is 6.02. The third kappa shape index (κ3) is 5.52. The van der Waals surface area contributed by atoms with E-state index >= 15 is 0 Å². The highest BCUT2D eigenvalue weighted by Gasteiger charge is 2.08. The molecule has 0 spiro atoms. The van der Waals surface area contributed by atoms with Crippen LogP contribution in [0.4, 0.5) is 0 Å². The molecule has 0 aliphatic rings. The molecule has 5 heteroatoms. The number of benzene rings is 1. The van der Waals surface area contributed by atoms with Gasteiger partial charge in [-0.25, -0.2) is 0 Å². The Morgan fingerprint density at radius 1 is 1.16 bits per heavy atom. The van der Waals surface area contributed by atoms with Gasteiger partial charge in [0.15, 0.2) is 0 Å². The van der Waals surface area contributed by atoms with Crippen LogP contribution in [0.5, 0.6) is 0 Å². The summed E-state index contributed by atoms with van der Waals surface area (Å²) in [6.45, 7) is 4.49. The molecular formula is C14H21N3O2. The molecule has 0 bridgehead atoms. The van der Waals surface area contributed by atoms with Gasteiger partial charge in [0, 0.05) is 6.54 Å². The lowest BCUT2D eigenvalue weighted by atomic mass is 10.00. The van der Waals surface area contributed by atoms with Gasteiger partial charge in [-0.15, -0.1) is 0 Å². The molecule has 0 aromatic heterocycles. The summed E-state index contributed by atoms with van der Waals surface area (Å²) < 4.78 is 0. The molecule has 0 heterocycles. The molecule has 1 aromatic carbocycles. The fourth-order valence-corrected chi connectivity index (χ4v) is 1.59. The summed E-state index contributed by atoms with van der Waals surface area (Å²) in [4.78, 5) is 22.4. The minimum Gasteiger partial charge on any atom is -0.354 e. The van der Waals surface area contributed by atoms with Crippen LogP contribution >= 0.6 is 0 Å². The second kappa shape index (κ2) is 7.53. The van der Waals surface area contributed by atoms with Gasteiger partial charge in [-0.1, -0.05) is 36.8 Å². The zero-order valence-electron chi connectivity index (χ0n) is 11.4. The van der Waals surface area contributed by atoms with Crippen molar-refractivity contribution < 1.29 is 9.59 Å². The van der Waals surface area contributed by atoms with Crippen molar-refractivity contribution in [2.45, 2.75) is 19.8 Å². The second-order valence-electron chi connectivity index (χ2n) is 4.60. The second-order valence-corrected chi connectivity index (χ2v) is 4.60. The summed E-state index contributed by atoms with van der Waals surface area (Å²) in [7, 11) is 0. The Bertz CT molecular complexity index is 429. The molecule has 4 N–H and O–H groups in total. The van der Waals surface area contributed by atoms with E-state index in [1.165, 1.54) is 11.1 Å². The monoisotopic (exact) mass is 263 g/mol. The van der Waals surface area contributed by atoms with Crippen molar-refractivity contribution in [3.05, 3.63) is 35.4 Å². The first-order valence-electron chi connectivity index (χ1n) is 6.33. The number of carbonyl (C=O) groups excluding carboxylic acids is 2. The van der Waals surface area contributed by atoms with Gasteiger partial charge in [-0.05, 0) is 18.4 Å². The van der Waals surface area contributed by atoms with Gasteiger partial charge in [0.25, 0.3) is 0 Å². The van der Waals surface area contributed by atoms with Crippen molar-refractivity contribution >= 4 is 11.8 Å². The van der Waals surface area contributed by atoms with Gasteiger partial charge in [0.2, 0.25) is 11.8 Å². The molecule has 1 aromatic rings. The molecule has 1 atom stereocenters. The third-order valence-electron chi connectivity index (χ3n) is 2.88. The Hall–Kier alpha value is -1.88. The Labute approximate surface area is 113 Å². The largest absolute Gasteiger partial charge is 0.354 e. The summed E-state index contributed by atoms with van der Waals surface area (Å²) >= 11 is 0. The lowest BCUT2D eigenvalue weighted by Crippen LogP contribution is -2.40. The normalized spacial score (nSPS) is 11.7. The van der Waals surface area contributed by atoms with Crippen molar-refractivity contribution in [1.29, 1.82) is 0 Å². The molecule has 0 fully saturated rings. The van der Waals surface area contributed by atoms with Crippen molar-refractivity contribution in [1.82, 2.24) is 10.6 Å². The van der Waals surface area contributed by atoms with Gasteiger partial charge in [0.05, 0.1) is 13.1 Å². The van der Waals surface area contributed by atoms with Gasteiger partial charge >= 0.3 is 0 Å². The maximum absolute atomic E-state index is 11.5. The summed E-state index contributed by atoms with van der Waals surface area (Å²) in [5.74, 6) is -0.308. The molecule has 0 saturated heterocycles. The van der Waals surface area contributed by atoms with E-state index in [-0.39, 0.29) is 30.8 Å². The Morgan fingerprint density at radius 2 is 1.79 bits per heavy atom. The van der Waals surface area contributed by atoms with E-state index in [9.17, 15) is 9.59 Å². The first-order valence-corrected chi connectivity index (χ1v) is 6.33. The number of carbonyl (C=O) groups is 2. The number of nitrogens with one attached hydrogen (secondary N) is 2. The van der Waals surface area contributed by atoms with Crippen LogP contribution in [0.2, 0.25) is 0 Å². The number of rotatable bonds is 6. The fourth-order valence-electron chi connectivity index (χ4n) is 1.59. The van der Waals surface area contributed by atoms with Crippen LogP contribution in [0.1, 0.15) is 24.0 Å². The number of aryl methyl sites for hydroxylation is 1. The predicted octanol–water partition coefficient (Wildman–Crippen LogP) is 0.290. The average Bonchev–Trinajstić information content (AvgIpc) is 2.42. The molecule has 0 aliphatic heterocycles. The first-order chi connectivity index (χ1) is 9.02. The van der Waals surface area contributed by atoms with E-state index in [4.69, 9.17) is 5.73 Å². The van der Waals surface area contributed by atoms with Crippen LogP contribution < -0.4 is 16.4 Å². The SMILES string of the molecule is Cc1ccc(C(C)CNC(=O)CNC(=O)CN)cc1. The van der Waals surface area contributed by atoms with Crippen LogP contribution in [0.15, 0.2) is 24.3 Å². The molecule has 0 radical (unpaired) electrons. The number of amides is 2. The summed E-state index contributed by atoms with van der Waals surface area (Å²) in [6.07, 6.45) is 0. The lowest BCUT2D eigenvalue weighted by molar-refractivity contribution is -0.125. The summed E-state index contributed by atoms with van der Waals surface area (Å²) in [6, 6.07) is 8.22. The molecule has 19 heavy (non-hydrogen) atoms. The van der Waals surface area contributed by atoms with Crippen LogP contribution in [0.3, 0.4) is 0 Å². The van der Waals surface area contributed by atoms with Crippen LogP contribution in [0, 0.1) is 6.92 Å². The van der Waals surface area contributed by atoms with Crippen LogP contribution in [0.25, 0.3) is 0 Å². The highest BCUT2D eigenvalue weighted by Crippen LogP contribution is 2.14. The predicted molar refractivity (Wildman–Crippen MR) is 74.7 cm³/mol. The molecular weight excluding hydrogens is 242 g/mol. The van der Waals surface area contributed by atoms with Crippen molar-refractivity contribution in [2.75, 3.05) is 19.6 Å². The zero-order chi connectivity index (χ0) is 14.3. The highest BCUT2D eigenvalue weighted by molar-refractivity contribution is 5.85. The van der Waals surface area contributed by atoms with E-state index in [1.54, 1.807) is 0 Å². The zero-order valence-corrected chi connectivity index (χ0v) is 11.4. The summed E-state index contributed by atoms with van der Waals surface area (Å²) in [5.41, 5.74) is 7.52. The smallest absolute Gasteiger partial charge is 0.239 e. The Balaban J connectivity index is 2.33. The molecule has 0 aliphatic carbocycles. The fraction of sp³-hybridized carbons (Fsp3) is 0.429. The van der Waals surface area contributed by atoms with Crippen LogP contribution in [-0.2, 0) is 9.59 Å². The average molecular weight is 263 g/mol. The van der Waals surface area contributed by atoms with Crippen molar-refractivity contribution in [3.63, 3.8) is 0 Å². The van der Waals surface area contributed by atoms with E-state index in [0.29, 0.717) is 6.54 Å². The lowest BCUT2D eigenvalue weighted by Gasteiger charge is -2.13. The van der Waals surface area contributed by atoms with Gasteiger partial charge in [-0.3, -0.25) is 9.59 Å². The molecule has 0 saturated carbocycles. The van der Waals surface area contributed by atoms with Gasteiger partial charge in [0.1, 0.15) is 0 Å². The topological polar surface area (TPSA) is 84.2 Å². The minimum absolute atomic E-state index is 0.0311. The first kappa shape index (κ1) is 15.2. The van der Waals surface area contributed by atoms with E-state index in [1.807, 2.05) is 13.8 Å². The van der Waals surface area contributed by atoms with Gasteiger partial charge in [-0.2, -0.15) is 0 Å². The molecule has 1 rings (SSSR count). The molecule has 2 amide bonds. The molecule has 104 valence electrons. The maximum Gasteiger partial charge on any atom is 0.239 e. The van der Waals surface area contributed by atoms with Crippen molar-refractivity contribution in [3.8, 4) is 0 Å². The van der Waals surface area contributed by atoms with E-state index < -0.39 is 0 Å². The van der Waals surface area contributed by atoms with Crippen molar-refractivity contribution in [2.24, 2.45) is 5.73 Å². The number of nitrogens with two attached hydrogens (primary N) is 1. The molecule has 5 nitrogen and oxygen atoms in total. The molecule has 1 unspecified atom stereocenters. The minimum atomic E-state index is -0.332. The Morgan fingerprint density at radius 3 is 2.37 bits per heavy atom. The quantitative estimate of drug-likeness (QED) is 0.689. The number of hydrogen-bond donors (Lipinski definition) is 3. The standard InChI is InChI=1S/C14H21N3O2/c1-10-3-5-12(6-4-10)11(2)8-16-14(19)9-17-13(18)7-15/h3-6,11H,7-9,15H2,1-2H3,(H,16,19)(H,17,18). The van der Waals surface area contributed by atoms with Crippen LogP contribution in [-0.4, -0.2) is 31.4 Å². The maximum atomic E-state index is 11.5. The van der Waals surface area contributed by atoms with E-state index in [0.717, 1.165) is 0 Å². The highest BCUT2D eigenvalue weighted by atomic mass is 16.2. The van der Waals surface area contributed by atoms with Gasteiger partial charge < -0.3 is 16.4 Å².